The van der Waals surface area contributed by atoms with Gasteiger partial charge in [-0.2, -0.15) is 0 Å². The van der Waals surface area contributed by atoms with Crippen molar-refractivity contribution in [2.45, 2.75) is 44.3 Å². The molecule has 2 heterocycles. The number of piperazine rings is 1. The van der Waals surface area contributed by atoms with Gasteiger partial charge in [0.1, 0.15) is 0 Å². The lowest BCUT2D eigenvalue weighted by Gasteiger charge is -2.39. The number of hydrogen-bond donors (Lipinski definition) is 1. The van der Waals surface area contributed by atoms with Gasteiger partial charge in [-0.1, -0.05) is 22.0 Å². The SMILES string of the molecule is Brc1cc(N2CCN3CCCC3C2)ccc1CNC1CC1. The van der Waals surface area contributed by atoms with Gasteiger partial charge in [0.05, 0.1) is 0 Å². The first-order valence-electron chi connectivity index (χ1n) is 8.30. The lowest BCUT2D eigenvalue weighted by molar-refractivity contribution is 0.231. The molecule has 0 bridgehead atoms. The lowest BCUT2D eigenvalue weighted by atomic mass is 10.1. The van der Waals surface area contributed by atoms with Crippen molar-refractivity contribution >= 4 is 21.6 Å². The molecule has 3 nitrogen and oxygen atoms in total. The molecule has 3 fully saturated rings. The zero-order valence-corrected chi connectivity index (χ0v) is 14.1. The molecule has 3 aliphatic rings. The summed E-state index contributed by atoms with van der Waals surface area (Å²) in [5, 5.41) is 3.59. The van der Waals surface area contributed by atoms with E-state index in [9.17, 15) is 0 Å². The Kier molecular flexibility index (Phi) is 3.94. The first kappa shape index (κ1) is 14.0. The maximum atomic E-state index is 3.76. The van der Waals surface area contributed by atoms with Gasteiger partial charge in [0.2, 0.25) is 0 Å². The molecule has 1 saturated carbocycles. The van der Waals surface area contributed by atoms with E-state index in [0.717, 1.165) is 18.6 Å². The molecule has 2 saturated heterocycles. The molecular formula is C17H24BrN3. The van der Waals surface area contributed by atoms with Crippen molar-refractivity contribution in [1.82, 2.24) is 10.2 Å². The molecule has 1 aromatic rings. The molecule has 0 spiro atoms. The summed E-state index contributed by atoms with van der Waals surface area (Å²) in [6.07, 6.45) is 5.46. The van der Waals surface area contributed by atoms with Crippen molar-refractivity contribution in [3.8, 4) is 0 Å². The van der Waals surface area contributed by atoms with E-state index in [-0.39, 0.29) is 0 Å². The standard InChI is InChI=1S/C17H24BrN3/c18-17-10-15(6-3-13(17)11-19-14-4-5-14)21-9-8-20-7-1-2-16(20)12-21/h3,6,10,14,16,19H,1-2,4-5,7-9,11-12H2. The summed E-state index contributed by atoms with van der Waals surface area (Å²) in [6.45, 7) is 5.90. The van der Waals surface area contributed by atoms with Gasteiger partial charge >= 0.3 is 0 Å². The highest BCUT2D eigenvalue weighted by atomic mass is 79.9. The smallest absolute Gasteiger partial charge is 0.0378 e. The van der Waals surface area contributed by atoms with Crippen LogP contribution in [0.25, 0.3) is 0 Å². The number of halogens is 1. The molecule has 0 amide bonds. The van der Waals surface area contributed by atoms with Gasteiger partial charge in [0, 0.05) is 48.4 Å². The van der Waals surface area contributed by atoms with Crippen LogP contribution < -0.4 is 10.2 Å². The average molecular weight is 350 g/mol. The first-order valence-corrected chi connectivity index (χ1v) is 9.10. The fourth-order valence-corrected chi connectivity index (χ4v) is 4.15. The largest absolute Gasteiger partial charge is 0.369 e. The van der Waals surface area contributed by atoms with E-state index in [1.165, 1.54) is 67.6 Å². The van der Waals surface area contributed by atoms with Gasteiger partial charge in [-0.25, -0.2) is 0 Å². The van der Waals surface area contributed by atoms with Crippen LogP contribution in [-0.4, -0.2) is 43.2 Å². The summed E-state index contributed by atoms with van der Waals surface area (Å²) in [5.41, 5.74) is 2.76. The molecule has 1 atom stereocenters. The molecule has 4 heteroatoms. The normalized spacial score (nSPS) is 26.1. The summed E-state index contributed by atoms with van der Waals surface area (Å²) < 4.78 is 1.25. The summed E-state index contributed by atoms with van der Waals surface area (Å²) >= 11 is 3.76. The molecule has 1 N–H and O–H groups in total. The molecule has 1 aromatic carbocycles. The number of benzene rings is 1. The first-order chi connectivity index (χ1) is 10.3. The van der Waals surface area contributed by atoms with Gasteiger partial charge in [0.25, 0.3) is 0 Å². The Morgan fingerprint density at radius 3 is 2.86 bits per heavy atom. The van der Waals surface area contributed by atoms with Crippen LogP contribution >= 0.6 is 15.9 Å². The van der Waals surface area contributed by atoms with E-state index in [4.69, 9.17) is 0 Å². The Labute approximate surface area is 135 Å². The second kappa shape index (κ2) is 5.90. The van der Waals surface area contributed by atoms with Crippen LogP contribution in [0.2, 0.25) is 0 Å². The van der Waals surface area contributed by atoms with Gasteiger partial charge < -0.3 is 10.2 Å². The zero-order chi connectivity index (χ0) is 14.2. The third-order valence-electron chi connectivity index (χ3n) is 5.15. The van der Waals surface area contributed by atoms with Crippen molar-refractivity contribution in [2.75, 3.05) is 31.1 Å². The highest BCUT2D eigenvalue weighted by Crippen LogP contribution is 2.29. The molecule has 1 unspecified atom stereocenters. The summed E-state index contributed by atoms with van der Waals surface area (Å²) in [4.78, 5) is 5.23. The molecule has 0 aromatic heterocycles. The highest BCUT2D eigenvalue weighted by Gasteiger charge is 2.30. The highest BCUT2D eigenvalue weighted by molar-refractivity contribution is 9.10. The van der Waals surface area contributed by atoms with Crippen molar-refractivity contribution in [3.63, 3.8) is 0 Å². The van der Waals surface area contributed by atoms with Crippen molar-refractivity contribution < 1.29 is 0 Å². The second-order valence-electron chi connectivity index (χ2n) is 6.71. The Morgan fingerprint density at radius 2 is 2.05 bits per heavy atom. The number of hydrogen-bond acceptors (Lipinski definition) is 3. The summed E-state index contributed by atoms with van der Waals surface area (Å²) in [7, 11) is 0. The Balaban J connectivity index is 1.43. The van der Waals surface area contributed by atoms with Gasteiger partial charge in [-0.05, 0) is 49.9 Å². The molecule has 2 aliphatic heterocycles. The van der Waals surface area contributed by atoms with Crippen LogP contribution in [0.1, 0.15) is 31.2 Å². The van der Waals surface area contributed by atoms with Crippen LogP contribution in [0, 0.1) is 0 Å². The fraction of sp³-hybridized carbons (Fsp3) is 0.647. The van der Waals surface area contributed by atoms with Gasteiger partial charge in [-0.15, -0.1) is 0 Å². The van der Waals surface area contributed by atoms with Gasteiger partial charge in [-0.3, -0.25) is 4.90 Å². The fourth-order valence-electron chi connectivity index (χ4n) is 3.64. The van der Waals surface area contributed by atoms with Crippen LogP contribution in [0.15, 0.2) is 22.7 Å². The van der Waals surface area contributed by atoms with Crippen LogP contribution in [0.4, 0.5) is 5.69 Å². The number of nitrogens with one attached hydrogen (secondary N) is 1. The number of rotatable bonds is 4. The monoisotopic (exact) mass is 349 g/mol. The zero-order valence-electron chi connectivity index (χ0n) is 12.5. The third-order valence-corrected chi connectivity index (χ3v) is 5.89. The van der Waals surface area contributed by atoms with E-state index in [0.29, 0.717) is 0 Å². The minimum absolute atomic E-state index is 0.770. The summed E-state index contributed by atoms with van der Waals surface area (Å²) in [5.74, 6) is 0. The maximum Gasteiger partial charge on any atom is 0.0378 e. The third kappa shape index (κ3) is 3.13. The molecule has 114 valence electrons. The van der Waals surface area contributed by atoms with Crippen LogP contribution in [0.5, 0.6) is 0 Å². The van der Waals surface area contributed by atoms with E-state index in [1.54, 1.807) is 0 Å². The Morgan fingerprint density at radius 1 is 1.14 bits per heavy atom. The van der Waals surface area contributed by atoms with Crippen LogP contribution in [-0.2, 0) is 6.54 Å². The van der Waals surface area contributed by atoms with E-state index >= 15 is 0 Å². The predicted molar refractivity (Wildman–Crippen MR) is 90.8 cm³/mol. The van der Waals surface area contributed by atoms with Gasteiger partial charge in [0.15, 0.2) is 0 Å². The summed E-state index contributed by atoms with van der Waals surface area (Å²) in [6, 6.07) is 8.46. The average Bonchev–Trinajstić information content (AvgIpc) is 3.21. The minimum atomic E-state index is 0.770. The van der Waals surface area contributed by atoms with E-state index < -0.39 is 0 Å². The molecular weight excluding hydrogens is 326 g/mol. The maximum absolute atomic E-state index is 3.76. The van der Waals surface area contributed by atoms with Crippen LogP contribution in [0.3, 0.4) is 0 Å². The van der Waals surface area contributed by atoms with E-state index in [1.807, 2.05) is 0 Å². The quantitative estimate of drug-likeness (QED) is 0.901. The van der Waals surface area contributed by atoms with Crippen molar-refractivity contribution in [2.24, 2.45) is 0 Å². The lowest BCUT2D eigenvalue weighted by Crippen LogP contribution is -2.50. The topological polar surface area (TPSA) is 18.5 Å². The molecule has 0 radical (unpaired) electrons. The second-order valence-corrected chi connectivity index (χ2v) is 7.56. The predicted octanol–water partition coefficient (Wildman–Crippen LogP) is 2.99. The molecule has 1 aliphatic carbocycles. The number of nitrogens with zero attached hydrogens (tertiary/aromatic N) is 2. The van der Waals surface area contributed by atoms with Crippen molar-refractivity contribution in [3.05, 3.63) is 28.2 Å². The Bertz CT molecular complexity index is 515. The molecule has 4 rings (SSSR count). The van der Waals surface area contributed by atoms with E-state index in [2.05, 4.69) is 49.2 Å². The molecule has 21 heavy (non-hydrogen) atoms. The van der Waals surface area contributed by atoms with Crippen molar-refractivity contribution in [1.29, 1.82) is 0 Å². The minimum Gasteiger partial charge on any atom is -0.369 e. The Hall–Kier alpha value is -0.580. The number of anilines is 1. The number of fused-ring (bicyclic) bond motifs is 1.